The summed E-state index contributed by atoms with van der Waals surface area (Å²) in [5.41, 5.74) is 1.27. The number of hydrogen-bond donors (Lipinski definition) is 1. The minimum atomic E-state index is -0.719. The third-order valence-electron chi connectivity index (χ3n) is 2.94. The van der Waals surface area contributed by atoms with E-state index in [-0.39, 0.29) is 12.3 Å². The number of nitrogens with zero attached hydrogens (tertiary/aromatic N) is 1. The largest absolute Gasteiger partial charge is 0.489 e. The van der Waals surface area contributed by atoms with Crippen LogP contribution in [0.3, 0.4) is 0 Å². The van der Waals surface area contributed by atoms with Gasteiger partial charge in [-0.15, -0.1) is 0 Å². The molecule has 0 amide bonds. The summed E-state index contributed by atoms with van der Waals surface area (Å²) < 4.78 is 5.63. The molecule has 0 aliphatic rings. The highest BCUT2D eigenvalue weighted by Gasteiger charge is 2.11. The van der Waals surface area contributed by atoms with Crippen molar-refractivity contribution in [3.8, 4) is 5.75 Å². The van der Waals surface area contributed by atoms with Crippen molar-refractivity contribution in [1.29, 1.82) is 0 Å². The van der Waals surface area contributed by atoms with Gasteiger partial charge < -0.3 is 9.84 Å². The summed E-state index contributed by atoms with van der Waals surface area (Å²) in [6.07, 6.45) is -0.719. The van der Waals surface area contributed by atoms with E-state index in [1.165, 1.54) is 12.1 Å². The summed E-state index contributed by atoms with van der Waals surface area (Å²) in [6, 6.07) is 11.2. The van der Waals surface area contributed by atoms with Crippen LogP contribution >= 0.6 is 11.6 Å². The van der Waals surface area contributed by atoms with Crippen LogP contribution in [0.4, 0.5) is 5.69 Å². The molecule has 2 rings (SSSR count). The first-order valence-electron chi connectivity index (χ1n) is 6.31. The van der Waals surface area contributed by atoms with Crippen LogP contribution in [0, 0.1) is 10.1 Å². The van der Waals surface area contributed by atoms with Crippen LogP contribution in [0.5, 0.6) is 5.75 Å². The van der Waals surface area contributed by atoms with Gasteiger partial charge in [-0.05, 0) is 30.7 Å². The molecule has 1 N–H and O–H groups in total. The van der Waals surface area contributed by atoms with Crippen molar-refractivity contribution >= 4 is 17.3 Å². The maximum absolute atomic E-state index is 10.7. The smallest absolute Gasteiger partial charge is 0.269 e. The summed E-state index contributed by atoms with van der Waals surface area (Å²) in [6.45, 7) is 1.79. The van der Waals surface area contributed by atoms with Gasteiger partial charge in [-0.3, -0.25) is 10.1 Å². The molecule has 0 saturated carbocycles. The Labute approximate surface area is 126 Å². The van der Waals surface area contributed by atoms with Gasteiger partial charge in [-0.25, -0.2) is 0 Å². The lowest BCUT2D eigenvalue weighted by molar-refractivity contribution is -0.384. The van der Waals surface area contributed by atoms with E-state index in [9.17, 15) is 15.2 Å². The molecule has 2 aromatic rings. The highest BCUT2D eigenvalue weighted by Crippen LogP contribution is 2.29. The van der Waals surface area contributed by atoms with E-state index in [0.29, 0.717) is 21.9 Å². The first kappa shape index (κ1) is 15.3. The zero-order valence-corrected chi connectivity index (χ0v) is 12.1. The van der Waals surface area contributed by atoms with Crippen molar-refractivity contribution in [3.63, 3.8) is 0 Å². The predicted molar refractivity (Wildman–Crippen MR) is 79.5 cm³/mol. The molecule has 0 aromatic heterocycles. The second-order valence-corrected chi connectivity index (χ2v) is 5.01. The molecular formula is C15H14ClNO4. The molecule has 0 fully saturated rings. The fraction of sp³-hybridized carbons (Fsp3) is 0.200. The van der Waals surface area contributed by atoms with Gasteiger partial charge >= 0.3 is 0 Å². The van der Waals surface area contributed by atoms with Gasteiger partial charge in [-0.1, -0.05) is 23.7 Å². The molecule has 0 heterocycles. The highest BCUT2D eigenvalue weighted by atomic mass is 35.5. The monoisotopic (exact) mass is 307 g/mol. The molecule has 0 unspecified atom stereocenters. The van der Waals surface area contributed by atoms with Gasteiger partial charge in [0.25, 0.3) is 5.69 Å². The first-order valence-corrected chi connectivity index (χ1v) is 6.69. The van der Waals surface area contributed by atoms with Gasteiger partial charge in [-0.2, -0.15) is 0 Å². The maximum atomic E-state index is 10.7. The Kier molecular flexibility index (Phi) is 4.77. The Hall–Kier alpha value is -2.11. The normalized spacial score (nSPS) is 12.0. The van der Waals surface area contributed by atoms with Gasteiger partial charge in [0, 0.05) is 22.7 Å². The summed E-state index contributed by atoms with van der Waals surface area (Å²) in [7, 11) is 0. The van der Waals surface area contributed by atoms with Crippen molar-refractivity contribution in [1.82, 2.24) is 0 Å². The first-order chi connectivity index (χ1) is 9.97. The van der Waals surface area contributed by atoms with Gasteiger partial charge in [0.1, 0.15) is 12.4 Å². The molecule has 6 heteroatoms. The molecule has 2 aromatic carbocycles. The Morgan fingerprint density at radius 3 is 2.76 bits per heavy atom. The average Bonchev–Trinajstić information content (AvgIpc) is 2.46. The molecule has 110 valence electrons. The van der Waals surface area contributed by atoms with Crippen LogP contribution in [-0.4, -0.2) is 10.0 Å². The molecule has 21 heavy (non-hydrogen) atoms. The number of aliphatic hydroxyl groups excluding tert-OH is 1. The van der Waals surface area contributed by atoms with E-state index >= 15 is 0 Å². The molecule has 0 aliphatic carbocycles. The van der Waals surface area contributed by atoms with Crippen LogP contribution in [0.1, 0.15) is 24.2 Å². The Bertz CT molecular complexity index is 658. The van der Waals surface area contributed by atoms with Crippen LogP contribution in [0.25, 0.3) is 0 Å². The quantitative estimate of drug-likeness (QED) is 0.672. The van der Waals surface area contributed by atoms with Gasteiger partial charge in [0.05, 0.1) is 11.0 Å². The van der Waals surface area contributed by atoms with E-state index in [4.69, 9.17) is 16.3 Å². The molecule has 1 atom stereocenters. The SMILES string of the molecule is C[C@@H](O)c1cc(Cl)ccc1OCc1cccc([N+](=O)[O-])c1. The number of benzene rings is 2. The number of rotatable bonds is 5. The van der Waals surface area contributed by atoms with Gasteiger partial charge in [0.15, 0.2) is 0 Å². The lowest BCUT2D eigenvalue weighted by Gasteiger charge is -2.13. The number of nitro benzene ring substituents is 1. The maximum Gasteiger partial charge on any atom is 0.269 e. The van der Waals surface area contributed by atoms with Crippen LogP contribution in [0.2, 0.25) is 5.02 Å². The second kappa shape index (κ2) is 6.56. The summed E-state index contributed by atoms with van der Waals surface area (Å²) in [4.78, 5) is 10.3. The third-order valence-corrected chi connectivity index (χ3v) is 3.17. The fourth-order valence-corrected chi connectivity index (χ4v) is 2.08. The van der Waals surface area contributed by atoms with Crippen LogP contribution in [-0.2, 0) is 6.61 Å². The minimum Gasteiger partial charge on any atom is -0.489 e. The van der Waals surface area contributed by atoms with Crippen molar-refractivity contribution in [2.24, 2.45) is 0 Å². The summed E-state index contributed by atoms with van der Waals surface area (Å²) >= 11 is 5.89. The Morgan fingerprint density at radius 2 is 2.10 bits per heavy atom. The fourth-order valence-electron chi connectivity index (χ4n) is 1.90. The van der Waals surface area contributed by atoms with Gasteiger partial charge in [0.2, 0.25) is 0 Å². The topological polar surface area (TPSA) is 72.6 Å². The molecule has 0 radical (unpaired) electrons. The molecule has 0 spiro atoms. The van der Waals surface area contributed by atoms with Crippen LogP contribution in [0.15, 0.2) is 42.5 Å². The lowest BCUT2D eigenvalue weighted by atomic mass is 10.1. The number of nitro groups is 1. The van der Waals surface area contributed by atoms with E-state index < -0.39 is 11.0 Å². The number of halogens is 1. The van der Waals surface area contributed by atoms with E-state index in [1.54, 1.807) is 37.3 Å². The van der Waals surface area contributed by atoms with E-state index in [2.05, 4.69) is 0 Å². The molecule has 5 nitrogen and oxygen atoms in total. The summed E-state index contributed by atoms with van der Waals surface area (Å²) in [5, 5.41) is 20.9. The average molecular weight is 308 g/mol. The number of hydrogen-bond acceptors (Lipinski definition) is 4. The molecule has 0 aliphatic heterocycles. The Morgan fingerprint density at radius 1 is 1.33 bits per heavy atom. The molecule has 0 bridgehead atoms. The summed E-state index contributed by atoms with van der Waals surface area (Å²) in [5.74, 6) is 0.501. The number of ether oxygens (including phenoxy) is 1. The molecular weight excluding hydrogens is 294 g/mol. The number of non-ortho nitro benzene ring substituents is 1. The predicted octanol–water partition coefficient (Wildman–Crippen LogP) is 3.88. The Balaban J connectivity index is 2.16. The third kappa shape index (κ3) is 3.93. The van der Waals surface area contributed by atoms with Crippen molar-refractivity contribution in [3.05, 3.63) is 68.7 Å². The van der Waals surface area contributed by atoms with E-state index in [0.717, 1.165) is 0 Å². The van der Waals surface area contributed by atoms with E-state index in [1.807, 2.05) is 0 Å². The minimum absolute atomic E-state index is 0.0166. The molecule has 0 saturated heterocycles. The van der Waals surface area contributed by atoms with Crippen molar-refractivity contribution in [2.75, 3.05) is 0 Å². The standard InChI is InChI=1S/C15H14ClNO4/c1-10(18)14-8-12(16)5-6-15(14)21-9-11-3-2-4-13(7-11)17(19)20/h2-8,10,18H,9H2,1H3/t10-/m1/s1. The zero-order chi connectivity index (χ0) is 15.4. The lowest BCUT2D eigenvalue weighted by Crippen LogP contribution is -2.01. The zero-order valence-electron chi connectivity index (χ0n) is 11.3. The van der Waals surface area contributed by atoms with Crippen molar-refractivity contribution in [2.45, 2.75) is 19.6 Å². The highest BCUT2D eigenvalue weighted by molar-refractivity contribution is 6.30. The second-order valence-electron chi connectivity index (χ2n) is 4.57. The van der Waals surface area contributed by atoms with Crippen molar-refractivity contribution < 1.29 is 14.8 Å². The number of aliphatic hydroxyl groups is 1. The van der Waals surface area contributed by atoms with Crippen LogP contribution < -0.4 is 4.74 Å².